The molecular formula is C30H54N15O32P5. The molecule has 0 amide bonds. The number of imidazole rings is 3. The van der Waals surface area contributed by atoms with Crippen LogP contribution in [0.2, 0.25) is 0 Å². The highest BCUT2D eigenvalue weighted by molar-refractivity contribution is 7.46. The van der Waals surface area contributed by atoms with Gasteiger partial charge in [-0.3, -0.25) is 13.7 Å². The van der Waals surface area contributed by atoms with Gasteiger partial charge in [-0.25, -0.2) is 67.7 Å². The molecule has 0 unspecified atom stereocenters. The van der Waals surface area contributed by atoms with Gasteiger partial charge in [-0.05, 0) is 0 Å². The molecule has 0 spiro atoms. The predicted octanol–water partition coefficient (Wildman–Crippen LogP) is -10.6. The Balaban J connectivity index is 0.000000349. The van der Waals surface area contributed by atoms with Gasteiger partial charge in [0, 0.05) is 0 Å². The van der Waals surface area contributed by atoms with Crippen LogP contribution in [0.25, 0.3) is 33.5 Å². The van der Waals surface area contributed by atoms with Gasteiger partial charge < -0.3 is 151 Å². The second-order valence-corrected chi connectivity index (χ2v) is 20.6. The molecule has 6 aromatic heterocycles. The number of phosphoric acid groups is 5. The maximum atomic E-state index is 9.95. The van der Waals surface area contributed by atoms with Crippen molar-refractivity contribution >= 4 is 90.1 Å². The van der Waals surface area contributed by atoms with E-state index in [4.69, 9.17) is 143 Å². The van der Waals surface area contributed by atoms with E-state index in [2.05, 4.69) is 44.9 Å². The van der Waals surface area contributed by atoms with E-state index >= 15 is 0 Å². The molecule has 0 aromatic carbocycles. The second kappa shape index (κ2) is 30.8. The molecule has 466 valence electrons. The van der Waals surface area contributed by atoms with Crippen LogP contribution in [-0.4, -0.2) is 253 Å². The number of aliphatic hydroxyl groups excluding tert-OH is 9. The van der Waals surface area contributed by atoms with E-state index in [1.807, 2.05) is 0 Å². The Hall–Kier alpha value is -4.88. The van der Waals surface area contributed by atoms with Crippen molar-refractivity contribution in [2.24, 2.45) is 0 Å². The molecule has 9 heterocycles. The molecule has 3 aliphatic heterocycles. The van der Waals surface area contributed by atoms with Crippen LogP contribution in [0, 0.1) is 0 Å². The topological polar surface area (TPSA) is 807 Å². The fraction of sp³-hybridized carbons (Fsp3) is 0.500. The first kappa shape index (κ1) is 73.2. The number of rotatable bonds is 6. The molecule has 82 heavy (non-hydrogen) atoms. The van der Waals surface area contributed by atoms with Crippen molar-refractivity contribution in [3.05, 3.63) is 38.0 Å². The summed E-state index contributed by atoms with van der Waals surface area (Å²) in [4.78, 5) is 143. The number of ether oxygens (including phenoxy) is 3. The van der Waals surface area contributed by atoms with Crippen molar-refractivity contribution in [1.29, 1.82) is 0 Å². The predicted molar refractivity (Wildman–Crippen MR) is 260 cm³/mol. The number of nitrogens with zero attached hydrogens (tertiary/aromatic N) is 12. The molecule has 3 saturated heterocycles. The largest absolute Gasteiger partial charge is 0.466 e. The van der Waals surface area contributed by atoms with Gasteiger partial charge in [0.05, 0.1) is 38.8 Å². The molecule has 47 nitrogen and oxygen atoms in total. The summed E-state index contributed by atoms with van der Waals surface area (Å²) in [6.07, 6.45) is -4.27. The quantitative estimate of drug-likeness (QED) is 0.0689. The summed E-state index contributed by atoms with van der Waals surface area (Å²) in [5.41, 5.74) is 19.3. The Labute approximate surface area is 452 Å². The number of hydrogen-bond donors (Lipinski definition) is 27. The summed E-state index contributed by atoms with van der Waals surface area (Å²) < 4.78 is 65.0. The van der Waals surface area contributed by atoms with E-state index in [0.29, 0.717) is 33.5 Å². The Morgan fingerprint density at radius 1 is 0.354 bits per heavy atom. The summed E-state index contributed by atoms with van der Waals surface area (Å²) in [6, 6.07) is 0. The lowest BCUT2D eigenvalue weighted by molar-refractivity contribution is -0.0511. The summed E-state index contributed by atoms with van der Waals surface area (Å²) in [7, 11) is -23.2. The van der Waals surface area contributed by atoms with Crippen molar-refractivity contribution < 1.29 is 156 Å². The van der Waals surface area contributed by atoms with Crippen molar-refractivity contribution in [3.8, 4) is 0 Å². The van der Waals surface area contributed by atoms with Crippen LogP contribution in [0.15, 0.2) is 38.0 Å². The number of anilines is 3. The molecule has 0 saturated carbocycles. The highest BCUT2D eigenvalue weighted by atomic mass is 31.2. The monoisotopic (exact) mass is 1290 g/mol. The van der Waals surface area contributed by atoms with Gasteiger partial charge in [0.2, 0.25) is 0 Å². The standard InChI is InChI=1S/3C10H13N5O4.5H3O4P/c3*11-8-5-9(13-2-12-8)15(3-14-5)10-7(18)6(17)4(1-16)19-10;5*1-5(2,3)4/h3*2-4,6-7,10,16-18H,1H2,(H2,11,12,13);5*(H3,1,2,3,4)/t3*4-,6-,7-,10-;;;;;/m111...../s1. The molecule has 0 bridgehead atoms. The molecule has 0 radical (unpaired) electrons. The van der Waals surface area contributed by atoms with E-state index in [1.54, 1.807) is 0 Å². The van der Waals surface area contributed by atoms with Crippen LogP contribution in [0.4, 0.5) is 17.5 Å². The number of aromatic nitrogens is 12. The summed E-state index contributed by atoms with van der Waals surface area (Å²) in [5.74, 6) is 0.654. The first-order chi connectivity index (χ1) is 37.4. The molecule has 3 fully saturated rings. The van der Waals surface area contributed by atoms with Gasteiger partial charge in [-0.1, -0.05) is 0 Å². The third kappa shape index (κ3) is 24.4. The highest BCUT2D eigenvalue weighted by Crippen LogP contribution is 2.35. The van der Waals surface area contributed by atoms with Gasteiger partial charge >= 0.3 is 39.1 Å². The first-order valence-electron chi connectivity index (χ1n) is 21.0. The van der Waals surface area contributed by atoms with Crippen molar-refractivity contribution in [2.45, 2.75) is 73.6 Å². The molecule has 52 heteroatoms. The lowest BCUT2D eigenvalue weighted by Gasteiger charge is -2.16. The molecule has 12 atom stereocenters. The van der Waals surface area contributed by atoms with Crippen molar-refractivity contribution in [2.75, 3.05) is 37.0 Å². The minimum absolute atomic E-state index is 0.218. The van der Waals surface area contributed by atoms with E-state index in [-0.39, 0.29) is 17.5 Å². The van der Waals surface area contributed by atoms with Crippen LogP contribution >= 0.6 is 39.1 Å². The zero-order chi connectivity index (χ0) is 63.2. The van der Waals surface area contributed by atoms with Crippen LogP contribution in [0.5, 0.6) is 0 Å². The third-order valence-corrected chi connectivity index (χ3v) is 9.54. The normalized spacial score (nSPS) is 25.2. The maximum Gasteiger partial charge on any atom is 0.466 e. The third-order valence-electron chi connectivity index (χ3n) is 9.54. The van der Waals surface area contributed by atoms with Crippen LogP contribution < -0.4 is 17.2 Å². The van der Waals surface area contributed by atoms with Gasteiger partial charge in [0.15, 0.2) is 53.1 Å². The molecule has 9 rings (SSSR count). The summed E-state index contributed by atoms with van der Waals surface area (Å²) >= 11 is 0. The molecule has 6 aromatic rings. The van der Waals surface area contributed by atoms with E-state index in [1.165, 1.54) is 51.7 Å². The van der Waals surface area contributed by atoms with Crippen LogP contribution in [0.3, 0.4) is 0 Å². The zero-order valence-electron chi connectivity index (χ0n) is 40.3. The Bertz CT molecular complexity index is 2800. The minimum Gasteiger partial charge on any atom is -0.394 e. The Kier molecular flexibility index (Phi) is 27.5. The molecule has 0 aliphatic carbocycles. The highest BCUT2D eigenvalue weighted by Gasteiger charge is 2.46. The van der Waals surface area contributed by atoms with E-state index in [9.17, 15) is 30.6 Å². The number of aliphatic hydroxyl groups is 9. The minimum atomic E-state index is -4.64. The van der Waals surface area contributed by atoms with Crippen molar-refractivity contribution in [3.63, 3.8) is 0 Å². The Morgan fingerprint density at radius 3 is 0.695 bits per heavy atom. The fourth-order valence-corrected chi connectivity index (χ4v) is 6.50. The SMILES string of the molecule is Nc1ncnc2c1ncn2[C@@H]1O[C@H](CO)[C@@H](O)[C@H]1O.Nc1ncnc2c1ncn2[C@@H]1O[C@H](CO)[C@@H](O)[C@H]1O.Nc1ncnc2c1ncn2[C@@H]1O[C@H](CO)[C@@H](O)[C@H]1O.O=P(O)(O)O.O=P(O)(O)O.O=P(O)(O)O.O=P(O)(O)O.O=P(O)(O)O. The van der Waals surface area contributed by atoms with Crippen molar-refractivity contribution in [1.82, 2.24) is 58.6 Å². The Morgan fingerprint density at radius 2 is 0.537 bits per heavy atom. The maximum absolute atomic E-state index is 9.95. The molecular weight excluding hydrogens is 1240 g/mol. The first-order valence-corrected chi connectivity index (χ1v) is 28.8. The van der Waals surface area contributed by atoms with Gasteiger partial charge in [0.25, 0.3) is 0 Å². The molecule has 3 aliphatic rings. The lowest BCUT2D eigenvalue weighted by Crippen LogP contribution is -2.33. The number of hydrogen-bond acceptors (Lipinski definition) is 29. The lowest BCUT2D eigenvalue weighted by atomic mass is 10.1. The van der Waals surface area contributed by atoms with Gasteiger partial charge in [0.1, 0.15) is 90.5 Å². The smallest absolute Gasteiger partial charge is 0.394 e. The average molecular weight is 1290 g/mol. The van der Waals surface area contributed by atoms with E-state index in [0.717, 1.165) is 0 Å². The zero-order valence-corrected chi connectivity index (χ0v) is 44.8. The van der Waals surface area contributed by atoms with Gasteiger partial charge in [-0.15, -0.1) is 0 Å². The second-order valence-electron chi connectivity index (χ2n) is 15.5. The fourth-order valence-electron chi connectivity index (χ4n) is 6.50. The number of fused-ring (bicyclic) bond motifs is 3. The number of nitrogen functional groups attached to an aromatic ring is 3. The van der Waals surface area contributed by atoms with Crippen LogP contribution in [0.1, 0.15) is 18.7 Å². The van der Waals surface area contributed by atoms with Crippen LogP contribution in [-0.2, 0) is 37.0 Å². The summed E-state index contributed by atoms with van der Waals surface area (Å²) in [6.45, 7) is -1.17. The van der Waals surface area contributed by atoms with E-state index < -0.39 is 133 Å². The average Bonchev–Trinajstić information content (AvgIpc) is 4.19. The number of nitrogens with two attached hydrogens (primary N) is 3. The molecule has 30 N–H and O–H groups in total. The summed E-state index contributed by atoms with van der Waals surface area (Å²) in [5, 5.41) is 86.2. The van der Waals surface area contributed by atoms with Gasteiger partial charge in [-0.2, -0.15) is 0 Å².